The number of benzene rings is 1. The number of hydrogen-bond acceptors (Lipinski definition) is 4. The van der Waals surface area contributed by atoms with E-state index < -0.39 is 0 Å². The average Bonchev–Trinajstić information content (AvgIpc) is 2.91. The molecule has 2 aromatic rings. The van der Waals surface area contributed by atoms with E-state index in [1.54, 1.807) is 18.4 Å². The van der Waals surface area contributed by atoms with Crippen molar-refractivity contribution in [3.63, 3.8) is 0 Å². The summed E-state index contributed by atoms with van der Waals surface area (Å²) in [5.41, 5.74) is 2.11. The smallest absolute Gasteiger partial charge is 0.191 e. The lowest BCUT2D eigenvalue weighted by atomic mass is 10.1. The predicted molar refractivity (Wildman–Crippen MR) is 121 cm³/mol. The number of hydrogen-bond donors (Lipinski definition) is 2. The second-order valence-corrected chi connectivity index (χ2v) is 7.33. The molecule has 8 heteroatoms. The number of halogens is 2. The number of methoxy groups -OCH3 is 1. The molecule has 0 amide bonds. The Labute approximate surface area is 181 Å². The summed E-state index contributed by atoms with van der Waals surface area (Å²) in [6.45, 7) is 8.09. The summed E-state index contributed by atoms with van der Waals surface area (Å²) in [5, 5.41) is 8.30. The van der Waals surface area contributed by atoms with Crippen LogP contribution in [0, 0.1) is 13.8 Å². The molecule has 2 rings (SSSR count). The number of nitrogens with one attached hydrogen (secondary N) is 2. The maximum atomic E-state index is 6.07. The summed E-state index contributed by atoms with van der Waals surface area (Å²) in [4.78, 5) is 10.4. The van der Waals surface area contributed by atoms with E-state index in [0.29, 0.717) is 18.1 Å². The van der Waals surface area contributed by atoms with Gasteiger partial charge >= 0.3 is 0 Å². The SMILES string of the molecule is CCNC(=NCc1nc(C)c(C)s1)NCC(OC)c1cccc(Cl)c1.I. The number of aliphatic imine (C=N–C) groups is 1. The molecule has 5 nitrogen and oxygen atoms in total. The van der Waals surface area contributed by atoms with Gasteiger partial charge < -0.3 is 15.4 Å². The first-order valence-electron chi connectivity index (χ1n) is 8.26. The van der Waals surface area contributed by atoms with Crippen molar-refractivity contribution in [3.8, 4) is 0 Å². The Morgan fingerprint density at radius 1 is 1.35 bits per heavy atom. The maximum Gasteiger partial charge on any atom is 0.191 e. The fraction of sp³-hybridized carbons (Fsp3) is 0.444. The largest absolute Gasteiger partial charge is 0.375 e. The highest BCUT2D eigenvalue weighted by Crippen LogP contribution is 2.20. The van der Waals surface area contributed by atoms with Crippen molar-refractivity contribution in [2.75, 3.05) is 20.2 Å². The van der Waals surface area contributed by atoms with E-state index in [0.717, 1.165) is 28.8 Å². The van der Waals surface area contributed by atoms with Crippen LogP contribution in [0.2, 0.25) is 5.02 Å². The topological polar surface area (TPSA) is 58.5 Å². The molecular formula is C18H26ClIN4OS. The van der Waals surface area contributed by atoms with Crippen LogP contribution in [0.1, 0.15) is 34.2 Å². The van der Waals surface area contributed by atoms with Crippen LogP contribution in [-0.2, 0) is 11.3 Å². The second-order valence-electron chi connectivity index (χ2n) is 5.60. The van der Waals surface area contributed by atoms with E-state index in [1.807, 2.05) is 38.1 Å². The first kappa shape index (κ1) is 23.1. The summed E-state index contributed by atoms with van der Waals surface area (Å²) in [7, 11) is 1.69. The number of guanidine groups is 1. The summed E-state index contributed by atoms with van der Waals surface area (Å²) < 4.78 is 5.59. The number of rotatable bonds is 7. The lowest BCUT2D eigenvalue weighted by Crippen LogP contribution is -2.39. The minimum absolute atomic E-state index is 0. The molecule has 1 heterocycles. The fourth-order valence-corrected chi connectivity index (χ4v) is 3.39. The summed E-state index contributed by atoms with van der Waals surface area (Å²) in [5.74, 6) is 0.747. The van der Waals surface area contributed by atoms with Gasteiger partial charge in [0.15, 0.2) is 5.96 Å². The summed E-state index contributed by atoms with van der Waals surface area (Å²) >= 11 is 7.76. The number of nitrogens with zero attached hydrogens (tertiary/aromatic N) is 2. The Morgan fingerprint density at radius 3 is 2.69 bits per heavy atom. The monoisotopic (exact) mass is 508 g/mol. The zero-order valence-electron chi connectivity index (χ0n) is 15.5. The molecule has 2 N–H and O–H groups in total. The van der Waals surface area contributed by atoms with E-state index in [-0.39, 0.29) is 30.1 Å². The molecular weight excluding hydrogens is 483 g/mol. The van der Waals surface area contributed by atoms with E-state index in [9.17, 15) is 0 Å². The number of ether oxygens (including phenoxy) is 1. The van der Waals surface area contributed by atoms with Crippen molar-refractivity contribution in [3.05, 3.63) is 50.4 Å². The molecule has 0 saturated carbocycles. The highest BCUT2D eigenvalue weighted by atomic mass is 127. The van der Waals surface area contributed by atoms with Crippen molar-refractivity contribution < 1.29 is 4.74 Å². The van der Waals surface area contributed by atoms with Gasteiger partial charge in [0.05, 0.1) is 18.3 Å². The lowest BCUT2D eigenvalue weighted by molar-refractivity contribution is 0.106. The van der Waals surface area contributed by atoms with Crippen LogP contribution in [0.15, 0.2) is 29.3 Å². The average molecular weight is 509 g/mol. The van der Waals surface area contributed by atoms with Crippen LogP contribution in [0.5, 0.6) is 0 Å². The Morgan fingerprint density at radius 2 is 2.12 bits per heavy atom. The molecule has 0 aliphatic rings. The molecule has 0 aliphatic carbocycles. The van der Waals surface area contributed by atoms with Crippen molar-refractivity contribution in [1.82, 2.24) is 15.6 Å². The summed E-state index contributed by atoms with van der Waals surface area (Å²) in [6.07, 6.45) is -0.105. The van der Waals surface area contributed by atoms with Crippen molar-refractivity contribution in [2.45, 2.75) is 33.4 Å². The third kappa shape index (κ3) is 7.02. The van der Waals surface area contributed by atoms with Crippen LogP contribution in [0.25, 0.3) is 0 Å². The Hall–Kier alpha value is -0.900. The van der Waals surface area contributed by atoms with Gasteiger partial charge in [-0.25, -0.2) is 9.98 Å². The third-order valence-electron chi connectivity index (χ3n) is 3.75. The quantitative estimate of drug-likeness (QED) is 0.329. The molecule has 0 radical (unpaired) electrons. The first-order valence-corrected chi connectivity index (χ1v) is 9.46. The molecule has 1 unspecified atom stereocenters. The minimum Gasteiger partial charge on any atom is -0.375 e. The van der Waals surface area contributed by atoms with Gasteiger partial charge in [-0.2, -0.15) is 0 Å². The predicted octanol–water partition coefficient (Wildman–Crippen LogP) is 4.47. The number of aryl methyl sites for hydroxylation is 2. The molecule has 1 atom stereocenters. The van der Waals surface area contributed by atoms with Gasteiger partial charge in [-0.3, -0.25) is 0 Å². The van der Waals surface area contributed by atoms with Crippen LogP contribution >= 0.6 is 46.9 Å². The van der Waals surface area contributed by atoms with Crippen LogP contribution in [0.4, 0.5) is 0 Å². The number of aromatic nitrogens is 1. The van der Waals surface area contributed by atoms with Gasteiger partial charge in [0.2, 0.25) is 0 Å². The van der Waals surface area contributed by atoms with Crippen molar-refractivity contribution in [2.24, 2.45) is 4.99 Å². The van der Waals surface area contributed by atoms with Crippen LogP contribution in [-0.4, -0.2) is 31.1 Å². The van der Waals surface area contributed by atoms with Crippen molar-refractivity contribution >= 4 is 52.9 Å². The minimum atomic E-state index is -0.105. The maximum absolute atomic E-state index is 6.07. The molecule has 0 bridgehead atoms. The van der Waals surface area contributed by atoms with Gasteiger partial charge in [0, 0.05) is 30.1 Å². The standard InChI is InChI=1S/C18H25ClN4OS.HI/c1-5-20-18(22-11-17-23-12(2)13(3)25-17)21-10-16(24-4)14-7-6-8-15(19)9-14;/h6-9,16H,5,10-11H2,1-4H3,(H2,20,21,22);1H. The first-order chi connectivity index (χ1) is 12.0. The molecule has 0 aliphatic heterocycles. The van der Waals surface area contributed by atoms with E-state index in [1.165, 1.54) is 4.88 Å². The molecule has 0 fully saturated rings. The second kappa shape index (κ2) is 11.7. The van der Waals surface area contributed by atoms with Crippen molar-refractivity contribution in [1.29, 1.82) is 0 Å². The Bertz CT molecular complexity index is 703. The number of thiazole rings is 1. The van der Waals surface area contributed by atoms with Gasteiger partial charge in [-0.1, -0.05) is 23.7 Å². The van der Waals surface area contributed by atoms with Gasteiger partial charge in [0.1, 0.15) is 5.01 Å². The van der Waals surface area contributed by atoms with E-state index in [2.05, 4.69) is 27.5 Å². The molecule has 0 spiro atoms. The van der Waals surface area contributed by atoms with Crippen LogP contribution in [0.3, 0.4) is 0 Å². The van der Waals surface area contributed by atoms with E-state index in [4.69, 9.17) is 16.3 Å². The zero-order chi connectivity index (χ0) is 18.2. The molecule has 1 aromatic heterocycles. The van der Waals surface area contributed by atoms with Gasteiger partial charge in [0.25, 0.3) is 0 Å². The van der Waals surface area contributed by atoms with E-state index >= 15 is 0 Å². The molecule has 26 heavy (non-hydrogen) atoms. The molecule has 0 saturated heterocycles. The molecule has 1 aromatic carbocycles. The molecule has 144 valence electrons. The van der Waals surface area contributed by atoms with Crippen LogP contribution < -0.4 is 10.6 Å². The zero-order valence-corrected chi connectivity index (χ0v) is 19.4. The van der Waals surface area contributed by atoms with Gasteiger partial charge in [-0.05, 0) is 38.5 Å². The summed E-state index contributed by atoms with van der Waals surface area (Å²) in [6, 6.07) is 7.71. The highest BCUT2D eigenvalue weighted by Gasteiger charge is 2.12. The Kier molecular flexibility index (Phi) is 10.4. The normalized spacial score (nSPS) is 12.4. The Balaban J connectivity index is 0.00000338. The third-order valence-corrected chi connectivity index (χ3v) is 5.04. The lowest BCUT2D eigenvalue weighted by Gasteiger charge is -2.18. The fourth-order valence-electron chi connectivity index (χ4n) is 2.33. The van der Waals surface area contributed by atoms with Gasteiger partial charge in [-0.15, -0.1) is 35.3 Å². The highest BCUT2D eigenvalue weighted by molar-refractivity contribution is 14.0.